The summed E-state index contributed by atoms with van der Waals surface area (Å²) < 4.78 is 14.6. The monoisotopic (exact) mass is 165 g/mol. The third kappa shape index (κ3) is 1.84. The van der Waals surface area contributed by atoms with E-state index in [4.69, 9.17) is 5.11 Å². The molecule has 1 aliphatic rings. The largest absolute Gasteiger partial charge is 0.389 e. The highest BCUT2D eigenvalue weighted by atomic mass is 32.2. The molecule has 2 atom stereocenters. The Balaban J connectivity index is 2.33. The molecule has 1 saturated heterocycles. The van der Waals surface area contributed by atoms with Crippen LogP contribution in [0.2, 0.25) is 0 Å². The van der Waals surface area contributed by atoms with Crippen molar-refractivity contribution in [3.05, 3.63) is 0 Å². The smallest absolute Gasteiger partial charge is 0.128 e. The zero-order valence-electron chi connectivity index (χ0n) is 5.96. The molecular formula is C6H12FNOS. The molecule has 1 fully saturated rings. The van der Waals surface area contributed by atoms with Gasteiger partial charge in [-0.1, -0.05) is 11.9 Å². The van der Waals surface area contributed by atoms with Crippen LogP contribution in [0.15, 0.2) is 0 Å². The quantitative estimate of drug-likeness (QED) is 0.578. The first-order chi connectivity index (χ1) is 4.74. The van der Waals surface area contributed by atoms with Gasteiger partial charge in [-0.2, -0.15) is 0 Å². The summed E-state index contributed by atoms with van der Waals surface area (Å²) in [5.41, 5.74) is 0. The van der Waals surface area contributed by atoms with E-state index in [-0.39, 0.29) is 0 Å². The second kappa shape index (κ2) is 3.55. The molecular weight excluding hydrogens is 153 g/mol. The van der Waals surface area contributed by atoms with Gasteiger partial charge < -0.3 is 5.11 Å². The number of hydrogen-bond donors (Lipinski definition) is 1. The SMILES string of the molecule is CSN1CC[C@@H](F)[C@@H](O)C1. The topological polar surface area (TPSA) is 23.5 Å². The maximum Gasteiger partial charge on any atom is 0.128 e. The van der Waals surface area contributed by atoms with E-state index < -0.39 is 12.3 Å². The van der Waals surface area contributed by atoms with Gasteiger partial charge in [-0.05, 0) is 12.7 Å². The fourth-order valence-corrected chi connectivity index (χ4v) is 1.63. The van der Waals surface area contributed by atoms with Gasteiger partial charge in [-0.15, -0.1) is 0 Å². The molecule has 0 radical (unpaired) electrons. The Morgan fingerprint density at radius 2 is 2.40 bits per heavy atom. The molecule has 1 rings (SSSR count). The van der Waals surface area contributed by atoms with E-state index in [1.807, 2.05) is 10.6 Å². The van der Waals surface area contributed by atoms with Gasteiger partial charge in [0.1, 0.15) is 6.17 Å². The highest BCUT2D eigenvalue weighted by Gasteiger charge is 2.26. The van der Waals surface area contributed by atoms with Gasteiger partial charge in [-0.3, -0.25) is 0 Å². The Kier molecular flexibility index (Phi) is 2.95. The van der Waals surface area contributed by atoms with Crippen molar-refractivity contribution in [1.82, 2.24) is 4.31 Å². The number of halogens is 1. The number of β-amino-alcohol motifs (C(OH)–C–C–N with tert-alkyl or cyclic N) is 1. The van der Waals surface area contributed by atoms with Crippen LogP contribution in [0.25, 0.3) is 0 Å². The van der Waals surface area contributed by atoms with Gasteiger partial charge in [0.15, 0.2) is 0 Å². The Labute approximate surface area is 64.5 Å². The molecule has 60 valence electrons. The molecule has 0 aromatic rings. The number of nitrogens with zero attached hydrogens (tertiary/aromatic N) is 1. The third-order valence-electron chi connectivity index (χ3n) is 1.72. The maximum atomic E-state index is 12.6. The van der Waals surface area contributed by atoms with E-state index in [0.29, 0.717) is 13.0 Å². The fraction of sp³-hybridized carbons (Fsp3) is 1.00. The summed E-state index contributed by atoms with van der Waals surface area (Å²) in [4.78, 5) is 0. The summed E-state index contributed by atoms with van der Waals surface area (Å²) in [6.07, 6.45) is 0.609. The van der Waals surface area contributed by atoms with E-state index in [9.17, 15) is 4.39 Å². The number of aliphatic hydroxyl groups excluding tert-OH is 1. The van der Waals surface area contributed by atoms with Crippen LogP contribution in [0.1, 0.15) is 6.42 Å². The summed E-state index contributed by atoms with van der Waals surface area (Å²) in [6.45, 7) is 1.21. The lowest BCUT2D eigenvalue weighted by atomic mass is 10.1. The van der Waals surface area contributed by atoms with E-state index in [1.165, 1.54) is 0 Å². The van der Waals surface area contributed by atoms with Gasteiger partial charge in [0, 0.05) is 13.1 Å². The lowest BCUT2D eigenvalue weighted by Crippen LogP contribution is -2.41. The van der Waals surface area contributed by atoms with Crippen molar-refractivity contribution >= 4 is 11.9 Å². The Morgan fingerprint density at radius 1 is 1.70 bits per heavy atom. The molecule has 1 heterocycles. The van der Waals surface area contributed by atoms with Gasteiger partial charge in [0.25, 0.3) is 0 Å². The lowest BCUT2D eigenvalue weighted by molar-refractivity contribution is 0.0323. The van der Waals surface area contributed by atoms with Gasteiger partial charge in [0.2, 0.25) is 0 Å². The number of piperidine rings is 1. The van der Waals surface area contributed by atoms with Crippen molar-refractivity contribution < 1.29 is 9.50 Å². The predicted molar refractivity (Wildman–Crippen MR) is 40.6 cm³/mol. The molecule has 0 amide bonds. The minimum atomic E-state index is -1.01. The summed E-state index contributed by atoms with van der Waals surface area (Å²) in [7, 11) is 0. The first kappa shape index (κ1) is 8.30. The van der Waals surface area contributed by atoms with Crippen molar-refractivity contribution in [2.24, 2.45) is 0 Å². The molecule has 0 saturated carbocycles. The molecule has 0 aromatic carbocycles. The molecule has 0 spiro atoms. The summed E-state index contributed by atoms with van der Waals surface area (Å²) in [5, 5.41) is 9.05. The van der Waals surface area contributed by atoms with Crippen LogP contribution in [-0.2, 0) is 0 Å². The zero-order chi connectivity index (χ0) is 7.56. The highest BCUT2D eigenvalue weighted by Crippen LogP contribution is 2.18. The van der Waals surface area contributed by atoms with Crippen LogP contribution in [-0.4, -0.2) is 41.0 Å². The van der Waals surface area contributed by atoms with E-state index in [2.05, 4.69) is 0 Å². The lowest BCUT2D eigenvalue weighted by Gasteiger charge is -2.30. The highest BCUT2D eigenvalue weighted by molar-refractivity contribution is 7.96. The van der Waals surface area contributed by atoms with Gasteiger partial charge in [0.05, 0.1) is 6.10 Å². The molecule has 0 bridgehead atoms. The molecule has 1 aliphatic heterocycles. The Morgan fingerprint density at radius 3 is 2.90 bits per heavy atom. The Bertz CT molecular complexity index is 114. The molecule has 1 N–H and O–H groups in total. The second-order valence-electron chi connectivity index (χ2n) is 2.44. The van der Waals surface area contributed by atoms with Crippen molar-refractivity contribution in [2.45, 2.75) is 18.7 Å². The van der Waals surface area contributed by atoms with Crippen molar-refractivity contribution in [2.75, 3.05) is 19.3 Å². The van der Waals surface area contributed by atoms with Crippen LogP contribution in [0.5, 0.6) is 0 Å². The van der Waals surface area contributed by atoms with E-state index in [0.717, 1.165) is 6.54 Å². The number of alkyl halides is 1. The minimum Gasteiger partial charge on any atom is -0.389 e. The van der Waals surface area contributed by atoms with Crippen LogP contribution in [0.3, 0.4) is 0 Å². The zero-order valence-corrected chi connectivity index (χ0v) is 6.77. The first-order valence-electron chi connectivity index (χ1n) is 3.35. The van der Waals surface area contributed by atoms with Crippen LogP contribution in [0.4, 0.5) is 4.39 Å². The molecule has 0 aromatic heterocycles. The average molecular weight is 165 g/mol. The predicted octanol–water partition coefficient (Wildman–Crippen LogP) is 0.669. The normalized spacial score (nSPS) is 36.3. The van der Waals surface area contributed by atoms with E-state index >= 15 is 0 Å². The van der Waals surface area contributed by atoms with Gasteiger partial charge >= 0.3 is 0 Å². The second-order valence-corrected chi connectivity index (χ2v) is 3.32. The van der Waals surface area contributed by atoms with Crippen LogP contribution < -0.4 is 0 Å². The summed E-state index contributed by atoms with van der Waals surface area (Å²) >= 11 is 1.56. The van der Waals surface area contributed by atoms with Gasteiger partial charge in [-0.25, -0.2) is 8.70 Å². The minimum absolute atomic E-state index is 0.460. The first-order valence-corrected chi connectivity index (χ1v) is 4.53. The molecule has 10 heavy (non-hydrogen) atoms. The molecule has 2 nitrogen and oxygen atoms in total. The Hall–Kier alpha value is 0.200. The van der Waals surface area contributed by atoms with Crippen molar-refractivity contribution in [1.29, 1.82) is 0 Å². The summed E-state index contributed by atoms with van der Waals surface area (Å²) in [6, 6.07) is 0. The third-order valence-corrected chi connectivity index (χ3v) is 2.57. The van der Waals surface area contributed by atoms with Crippen molar-refractivity contribution in [3.63, 3.8) is 0 Å². The number of hydrogen-bond acceptors (Lipinski definition) is 3. The molecule has 4 heteroatoms. The average Bonchev–Trinajstić information content (AvgIpc) is 1.95. The summed E-state index contributed by atoms with van der Waals surface area (Å²) in [5.74, 6) is 0. The number of rotatable bonds is 1. The molecule has 0 unspecified atom stereocenters. The maximum absolute atomic E-state index is 12.6. The van der Waals surface area contributed by atoms with Crippen LogP contribution in [0, 0.1) is 0 Å². The number of aliphatic hydroxyl groups is 1. The van der Waals surface area contributed by atoms with Crippen LogP contribution >= 0.6 is 11.9 Å². The van der Waals surface area contributed by atoms with Crippen molar-refractivity contribution in [3.8, 4) is 0 Å². The standard InChI is InChI=1S/C6H12FNOS/c1-10-8-3-2-5(7)6(9)4-8/h5-6,9H,2-4H2,1H3/t5-,6+/m1/s1. The van der Waals surface area contributed by atoms with E-state index in [1.54, 1.807) is 11.9 Å². The molecule has 0 aliphatic carbocycles. The fourth-order valence-electron chi connectivity index (χ4n) is 1.04.